The Morgan fingerprint density at radius 3 is 1.96 bits per heavy atom. The molecule has 0 aliphatic carbocycles. The number of carbonyl (C=O) groups is 1. The van der Waals surface area contributed by atoms with E-state index in [0.29, 0.717) is 66.1 Å². The molecular formula is C39H38F6N4O3. The second-order valence-corrected chi connectivity index (χ2v) is 12.1. The fraction of sp³-hybridized carbons (Fsp3) is 0.282. The summed E-state index contributed by atoms with van der Waals surface area (Å²) >= 11 is 0. The van der Waals surface area contributed by atoms with Gasteiger partial charge in [0.05, 0.1) is 48.9 Å². The van der Waals surface area contributed by atoms with Crippen LogP contribution in [-0.4, -0.2) is 55.0 Å². The van der Waals surface area contributed by atoms with Crippen LogP contribution in [0.15, 0.2) is 91.0 Å². The Balaban J connectivity index is 1.58. The number of carbonyl (C=O) groups excluding carboxylic acids is 1. The lowest BCUT2D eigenvalue weighted by atomic mass is 9.98. The third-order valence-corrected chi connectivity index (χ3v) is 8.38. The van der Waals surface area contributed by atoms with Crippen LogP contribution in [0.4, 0.5) is 26.3 Å². The van der Waals surface area contributed by atoms with Gasteiger partial charge in [-0.25, -0.2) is 4.98 Å². The van der Waals surface area contributed by atoms with Crippen LogP contribution in [-0.2, 0) is 28.4 Å². The molecule has 0 aliphatic rings. The lowest BCUT2D eigenvalue weighted by Gasteiger charge is -2.19. The van der Waals surface area contributed by atoms with Crippen molar-refractivity contribution in [2.24, 2.45) is 5.73 Å². The molecule has 1 aromatic heterocycles. The third kappa shape index (κ3) is 9.08. The van der Waals surface area contributed by atoms with E-state index >= 15 is 0 Å². The van der Waals surface area contributed by atoms with Crippen molar-refractivity contribution >= 4 is 5.91 Å². The Morgan fingerprint density at radius 2 is 1.37 bits per heavy atom. The zero-order valence-corrected chi connectivity index (χ0v) is 28.6. The van der Waals surface area contributed by atoms with Gasteiger partial charge in [0.25, 0.3) is 5.91 Å². The molecular weight excluding hydrogens is 686 g/mol. The normalized spacial score (nSPS) is 11.9. The maximum atomic E-state index is 14.6. The standard InChI is InChI=1S/C39H38F6N4O3/c1-25-7-3-5-9-30(25)34-35(31-10-6-4-8-26(31)2)49(36(48-34)32-16-15-29(38(40,41)42)23-33(32)39(43,44)45)24-27-11-13-28(14-12-27)37(50)47-18-20-52-22-21-51-19-17-46/h3-16,23H,17-22,24,46H2,1-2H3,(H,47,50). The van der Waals surface area contributed by atoms with Crippen molar-refractivity contribution < 1.29 is 40.6 Å². The second-order valence-electron chi connectivity index (χ2n) is 12.1. The molecule has 274 valence electrons. The Morgan fingerprint density at radius 1 is 0.750 bits per heavy atom. The van der Waals surface area contributed by atoms with Crippen LogP contribution in [0.25, 0.3) is 33.9 Å². The molecule has 0 spiro atoms. The lowest BCUT2D eigenvalue weighted by molar-refractivity contribution is -0.142. The van der Waals surface area contributed by atoms with Gasteiger partial charge in [0.1, 0.15) is 5.82 Å². The number of nitrogens with zero attached hydrogens (tertiary/aromatic N) is 2. The molecule has 1 amide bonds. The van der Waals surface area contributed by atoms with Gasteiger partial charge >= 0.3 is 12.4 Å². The first-order valence-electron chi connectivity index (χ1n) is 16.5. The molecule has 0 aliphatic heterocycles. The number of rotatable bonds is 14. The first-order chi connectivity index (χ1) is 24.8. The molecule has 0 unspecified atom stereocenters. The van der Waals surface area contributed by atoms with Crippen LogP contribution in [0.3, 0.4) is 0 Å². The minimum absolute atomic E-state index is 0.0157. The van der Waals surface area contributed by atoms with Crippen molar-refractivity contribution in [1.29, 1.82) is 0 Å². The molecule has 52 heavy (non-hydrogen) atoms. The largest absolute Gasteiger partial charge is 0.417 e. The number of benzene rings is 4. The highest BCUT2D eigenvalue weighted by molar-refractivity contribution is 5.94. The van der Waals surface area contributed by atoms with Gasteiger partial charge < -0.3 is 25.1 Å². The lowest BCUT2D eigenvalue weighted by Crippen LogP contribution is -2.27. The average Bonchev–Trinajstić information content (AvgIpc) is 3.47. The summed E-state index contributed by atoms with van der Waals surface area (Å²) in [6, 6.07) is 22.7. The minimum atomic E-state index is -5.13. The van der Waals surface area contributed by atoms with Gasteiger partial charge in [0.2, 0.25) is 0 Å². The maximum absolute atomic E-state index is 14.6. The molecule has 4 aromatic carbocycles. The summed E-state index contributed by atoms with van der Waals surface area (Å²) in [5, 5.41) is 2.77. The topological polar surface area (TPSA) is 91.4 Å². The van der Waals surface area contributed by atoms with Gasteiger partial charge in [-0.2, -0.15) is 26.3 Å². The van der Waals surface area contributed by atoms with Gasteiger partial charge in [-0.15, -0.1) is 0 Å². The number of aromatic nitrogens is 2. The van der Waals surface area contributed by atoms with Crippen molar-refractivity contribution in [3.63, 3.8) is 0 Å². The number of nitrogens with one attached hydrogen (secondary N) is 1. The number of nitrogens with two attached hydrogens (primary N) is 1. The molecule has 0 saturated heterocycles. The summed E-state index contributed by atoms with van der Waals surface area (Å²) in [4.78, 5) is 17.6. The Hall–Kier alpha value is -4.98. The first-order valence-corrected chi connectivity index (χ1v) is 16.5. The average molecular weight is 725 g/mol. The van der Waals surface area contributed by atoms with Crippen LogP contribution in [0, 0.1) is 13.8 Å². The predicted molar refractivity (Wildman–Crippen MR) is 187 cm³/mol. The number of halogens is 6. The molecule has 5 aromatic rings. The van der Waals surface area contributed by atoms with E-state index in [0.717, 1.165) is 17.2 Å². The number of alkyl halides is 6. The van der Waals surface area contributed by atoms with E-state index in [4.69, 9.17) is 20.2 Å². The van der Waals surface area contributed by atoms with Crippen molar-refractivity contribution in [1.82, 2.24) is 14.9 Å². The molecule has 5 rings (SSSR count). The number of ether oxygens (including phenoxy) is 2. The second kappa shape index (κ2) is 16.6. The molecule has 0 saturated carbocycles. The predicted octanol–water partition coefficient (Wildman–Crippen LogP) is 8.31. The quantitative estimate of drug-likeness (QED) is 0.0889. The highest BCUT2D eigenvalue weighted by atomic mass is 19.4. The van der Waals surface area contributed by atoms with Gasteiger partial charge in [0.15, 0.2) is 0 Å². The maximum Gasteiger partial charge on any atom is 0.417 e. The number of imidazole rings is 1. The minimum Gasteiger partial charge on any atom is -0.378 e. The Bertz CT molecular complexity index is 1990. The van der Waals surface area contributed by atoms with Gasteiger partial charge in [-0.1, -0.05) is 66.7 Å². The summed E-state index contributed by atoms with van der Waals surface area (Å²) in [5.41, 5.74) is 6.78. The van der Waals surface area contributed by atoms with Crippen LogP contribution in [0.1, 0.15) is 38.2 Å². The van der Waals surface area contributed by atoms with Crippen molar-refractivity contribution in [3.05, 3.63) is 124 Å². The summed E-state index contributed by atoms with van der Waals surface area (Å²) in [6.07, 6.45) is -10.1. The molecule has 3 N–H and O–H groups in total. The highest BCUT2D eigenvalue weighted by Gasteiger charge is 2.40. The van der Waals surface area contributed by atoms with Crippen molar-refractivity contribution in [2.45, 2.75) is 32.7 Å². The fourth-order valence-electron chi connectivity index (χ4n) is 5.79. The zero-order chi connectivity index (χ0) is 37.5. The number of hydrogen-bond donors (Lipinski definition) is 2. The summed E-state index contributed by atoms with van der Waals surface area (Å²) < 4.78 is 97.1. The van der Waals surface area contributed by atoms with Gasteiger partial charge in [-0.05, 0) is 54.8 Å². The summed E-state index contributed by atoms with van der Waals surface area (Å²) in [7, 11) is 0. The van der Waals surface area contributed by atoms with E-state index in [1.807, 2.05) is 44.2 Å². The highest BCUT2D eigenvalue weighted by Crippen LogP contribution is 2.44. The van der Waals surface area contributed by atoms with Crippen LogP contribution >= 0.6 is 0 Å². The molecule has 1 heterocycles. The summed E-state index contributed by atoms with van der Waals surface area (Å²) in [5.74, 6) is -0.507. The Kier molecular flexibility index (Phi) is 12.2. The first kappa shape index (κ1) is 38.3. The number of aryl methyl sites for hydroxylation is 2. The van der Waals surface area contributed by atoms with E-state index in [2.05, 4.69) is 5.32 Å². The van der Waals surface area contributed by atoms with Gasteiger partial charge in [0, 0.05) is 41.9 Å². The molecule has 0 radical (unpaired) electrons. The van der Waals surface area contributed by atoms with E-state index in [9.17, 15) is 31.1 Å². The van der Waals surface area contributed by atoms with E-state index in [1.54, 1.807) is 47.0 Å². The molecule has 0 atom stereocenters. The van der Waals surface area contributed by atoms with Crippen LogP contribution < -0.4 is 11.1 Å². The van der Waals surface area contributed by atoms with Gasteiger partial charge in [-0.3, -0.25) is 4.79 Å². The molecule has 0 fully saturated rings. The van der Waals surface area contributed by atoms with Crippen LogP contribution in [0.5, 0.6) is 0 Å². The SMILES string of the molecule is Cc1ccccc1-c1nc(-c2ccc(C(F)(F)F)cc2C(F)(F)F)n(Cc2ccc(C(=O)NCCOCCOCCN)cc2)c1-c1ccccc1C. The van der Waals surface area contributed by atoms with E-state index in [-0.39, 0.29) is 37.5 Å². The summed E-state index contributed by atoms with van der Waals surface area (Å²) in [6.45, 7) is 5.82. The number of amides is 1. The third-order valence-electron chi connectivity index (χ3n) is 8.38. The molecule has 7 nitrogen and oxygen atoms in total. The van der Waals surface area contributed by atoms with E-state index < -0.39 is 29.0 Å². The molecule has 0 bridgehead atoms. The number of hydrogen-bond acceptors (Lipinski definition) is 5. The van der Waals surface area contributed by atoms with Crippen LogP contribution in [0.2, 0.25) is 0 Å². The van der Waals surface area contributed by atoms with Crippen molar-refractivity contribution in [2.75, 3.05) is 39.5 Å². The van der Waals surface area contributed by atoms with E-state index in [1.165, 1.54) is 0 Å². The monoisotopic (exact) mass is 724 g/mol. The molecule has 13 heteroatoms. The zero-order valence-electron chi connectivity index (χ0n) is 28.6. The Labute approximate surface area is 297 Å². The van der Waals surface area contributed by atoms with Crippen molar-refractivity contribution in [3.8, 4) is 33.9 Å². The fourth-order valence-corrected chi connectivity index (χ4v) is 5.79. The smallest absolute Gasteiger partial charge is 0.378 e.